The maximum atomic E-state index is 12.0. The van der Waals surface area contributed by atoms with Crippen molar-refractivity contribution < 1.29 is 12.8 Å². The van der Waals surface area contributed by atoms with Crippen LogP contribution in [0.25, 0.3) is 11.4 Å². The summed E-state index contributed by atoms with van der Waals surface area (Å²) in [5.74, 6) is 0.452. The van der Waals surface area contributed by atoms with Crippen LogP contribution in [0.15, 0.2) is 47.6 Å². The van der Waals surface area contributed by atoms with E-state index in [0.717, 1.165) is 5.56 Å². The first-order chi connectivity index (χ1) is 9.63. The first-order valence-electron chi connectivity index (χ1n) is 6.06. The average Bonchev–Trinajstić information content (AvgIpc) is 2.48. The number of halogens is 1. The molecule has 106 valence electrons. The van der Waals surface area contributed by atoms with Crippen molar-refractivity contribution in [2.45, 2.75) is 11.3 Å². The minimum absolute atomic E-state index is 0.0314. The third-order valence-electron chi connectivity index (χ3n) is 2.57. The number of hydrogen-bond acceptors (Lipinski definition) is 4. The number of benzene rings is 1. The molecule has 0 saturated heterocycles. The quantitative estimate of drug-likeness (QED) is 0.825. The smallest absolute Gasteiger partial charge is 0.243 e. The molecule has 7 heteroatoms. The van der Waals surface area contributed by atoms with Gasteiger partial charge in [-0.25, -0.2) is 23.1 Å². The third kappa shape index (κ3) is 3.58. The maximum absolute atomic E-state index is 12.0. The summed E-state index contributed by atoms with van der Waals surface area (Å²) in [4.78, 5) is 8.05. The molecule has 2 rings (SSSR count). The molecule has 0 aliphatic heterocycles. The van der Waals surface area contributed by atoms with Crippen LogP contribution in [-0.2, 0) is 10.0 Å². The highest BCUT2D eigenvalue weighted by Crippen LogP contribution is 2.14. The Kier molecular flexibility index (Phi) is 4.75. The number of nitrogens with zero attached hydrogens (tertiary/aromatic N) is 2. The molecule has 0 atom stereocenters. The zero-order valence-corrected chi connectivity index (χ0v) is 11.5. The number of nitrogens with one attached hydrogen (secondary N) is 1. The molecule has 5 nitrogen and oxygen atoms in total. The van der Waals surface area contributed by atoms with Gasteiger partial charge in [0.2, 0.25) is 10.0 Å². The van der Waals surface area contributed by atoms with Gasteiger partial charge >= 0.3 is 0 Å². The van der Waals surface area contributed by atoms with E-state index in [-0.39, 0.29) is 17.9 Å². The third-order valence-corrected chi connectivity index (χ3v) is 3.99. The summed E-state index contributed by atoms with van der Waals surface area (Å²) in [5, 5.41) is 0. The molecule has 0 fully saturated rings. The molecule has 0 aliphatic rings. The van der Waals surface area contributed by atoms with Gasteiger partial charge in [0, 0.05) is 12.1 Å². The van der Waals surface area contributed by atoms with Gasteiger partial charge < -0.3 is 0 Å². The zero-order chi connectivity index (χ0) is 14.4. The van der Waals surface area contributed by atoms with Gasteiger partial charge in [-0.05, 0) is 6.42 Å². The molecule has 0 spiro atoms. The lowest BCUT2D eigenvalue weighted by Gasteiger charge is -2.05. The van der Waals surface area contributed by atoms with Crippen LogP contribution in [0.2, 0.25) is 0 Å². The molecule has 2 aromatic rings. The Balaban J connectivity index is 2.16. The fourth-order valence-electron chi connectivity index (χ4n) is 1.55. The predicted octanol–water partition coefficient (Wildman–Crippen LogP) is 1.78. The molecule has 0 bridgehead atoms. The summed E-state index contributed by atoms with van der Waals surface area (Å²) in [6.07, 6.45) is 2.63. The van der Waals surface area contributed by atoms with Crippen molar-refractivity contribution in [2.24, 2.45) is 0 Å². The highest BCUT2D eigenvalue weighted by Gasteiger charge is 2.14. The van der Waals surface area contributed by atoms with Crippen LogP contribution in [0.3, 0.4) is 0 Å². The topological polar surface area (TPSA) is 72.0 Å². The fourth-order valence-corrected chi connectivity index (χ4v) is 2.51. The Hall–Kier alpha value is -1.86. The molecule has 1 aromatic carbocycles. The van der Waals surface area contributed by atoms with Crippen molar-refractivity contribution in [3.05, 3.63) is 42.7 Å². The van der Waals surface area contributed by atoms with Gasteiger partial charge in [0.05, 0.1) is 19.1 Å². The summed E-state index contributed by atoms with van der Waals surface area (Å²) >= 11 is 0. The molecule has 0 amide bonds. The summed E-state index contributed by atoms with van der Waals surface area (Å²) in [5.41, 5.74) is 0.807. The van der Waals surface area contributed by atoms with Gasteiger partial charge in [0.15, 0.2) is 5.82 Å². The number of hydrogen-bond donors (Lipinski definition) is 1. The van der Waals surface area contributed by atoms with E-state index < -0.39 is 16.7 Å². The minimum atomic E-state index is -3.67. The average molecular weight is 295 g/mol. The Bertz CT molecular complexity index is 645. The van der Waals surface area contributed by atoms with Gasteiger partial charge in [-0.3, -0.25) is 4.39 Å². The van der Waals surface area contributed by atoms with E-state index in [1.807, 2.05) is 30.3 Å². The standard InChI is InChI=1S/C13H14FN3O2S/c14-7-4-8-17-20(18,19)12-9-15-13(16-10-12)11-5-2-1-3-6-11/h1-3,5-6,9-10,17H,4,7-8H2. The number of rotatable bonds is 6. The number of alkyl halides is 1. The largest absolute Gasteiger partial charge is 0.251 e. The van der Waals surface area contributed by atoms with Crippen LogP contribution in [0.4, 0.5) is 4.39 Å². The fraction of sp³-hybridized carbons (Fsp3) is 0.231. The van der Waals surface area contributed by atoms with Gasteiger partial charge in [0.25, 0.3) is 0 Å². The summed E-state index contributed by atoms with van der Waals surface area (Å²) < 4.78 is 37.9. The Labute approximate surface area is 116 Å². The molecule has 0 aliphatic carbocycles. The van der Waals surface area contributed by atoms with Gasteiger partial charge in [-0.2, -0.15) is 0 Å². The Morgan fingerprint density at radius 3 is 2.35 bits per heavy atom. The molecule has 20 heavy (non-hydrogen) atoms. The van der Waals surface area contributed by atoms with E-state index in [4.69, 9.17) is 0 Å². The van der Waals surface area contributed by atoms with Crippen molar-refractivity contribution in [3.63, 3.8) is 0 Å². The van der Waals surface area contributed by atoms with E-state index in [2.05, 4.69) is 14.7 Å². The minimum Gasteiger partial charge on any atom is -0.251 e. The van der Waals surface area contributed by atoms with E-state index >= 15 is 0 Å². The second kappa shape index (κ2) is 6.53. The van der Waals surface area contributed by atoms with Crippen LogP contribution in [-0.4, -0.2) is 31.6 Å². The molecule has 0 saturated carbocycles. The maximum Gasteiger partial charge on any atom is 0.243 e. The monoisotopic (exact) mass is 295 g/mol. The normalized spacial score (nSPS) is 11.4. The highest BCUT2D eigenvalue weighted by molar-refractivity contribution is 7.89. The lowest BCUT2D eigenvalue weighted by Crippen LogP contribution is -2.25. The van der Waals surface area contributed by atoms with E-state index in [0.29, 0.717) is 5.82 Å². The van der Waals surface area contributed by atoms with E-state index in [9.17, 15) is 12.8 Å². The summed E-state index contributed by atoms with van der Waals surface area (Å²) in [7, 11) is -3.67. The molecule has 0 unspecified atom stereocenters. The molecular weight excluding hydrogens is 281 g/mol. The second-order valence-corrected chi connectivity index (χ2v) is 5.82. The lowest BCUT2D eigenvalue weighted by molar-refractivity contribution is 0.470. The lowest BCUT2D eigenvalue weighted by atomic mass is 10.2. The van der Waals surface area contributed by atoms with Crippen molar-refractivity contribution >= 4 is 10.0 Å². The Morgan fingerprint density at radius 1 is 1.10 bits per heavy atom. The molecule has 0 radical (unpaired) electrons. The van der Waals surface area contributed by atoms with Crippen LogP contribution >= 0.6 is 0 Å². The van der Waals surface area contributed by atoms with Crippen molar-refractivity contribution in [2.75, 3.05) is 13.2 Å². The number of sulfonamides is 1. The zero-order valence-electron chi connectivity index (χ0n) is 10.7. The first kappa shape index (κ1) is 14.5. The van der Waals surface area contributed by atoms with Crippen LogP contribution in [0.1, 0.15) is 6.42 Å². The van der Waals surface area contributed by atoms with Crippen LogP contribution < -0.4 is 4.72 Å². The SMILES string of the molecule is O=S(=O)(NCCCF)c1cnc(-c2ccccc2)nc1. The van der Waals surface area contributed by atoms with Gasteiger partial charge in [0.1, 0.15) is 4.90 Å². The van der Waals surface area contributed by atoms with Crippen molar-refractivity contribution in [1.29, 1.82) is 0 Å². The second-order valence-electron chi connectivity index (χ2n) is 4.05. The molecule has 1 aromatic heterocycles. The van der Waals surface area contributed by atoms with E-state index in [1.54, 1.807) is 0 Å². The number of aromatic nitrogens is 2. The van der Waals surface area contributed by atoms with Gasteiger partial charge in [-0.15, -0.1) is 0 Å². The van der Waals surface area contributed by atoms with Gasteiger partial charge in [-0.1, -0.05) is 30.3 Å². The van der Waals surface area contributed by atoms with Crippen molar-refractivity contribution in [1.82, 2.24) is 14.7 Å². The van der Waals surface area contributed by atoms with Crippen molar-refractivity contribution in [3.8, 4) is 11.4 Å². The first-order valence-corrected chi connectivity index (χ1v) is 7.55. The summed E-state index contributed by atoms with van der Waals surface area (Å²) in [6.45, 7) is -0.509. The molecule has 1 N–H and O–H groups in total. The molecule has 1 heterocycles. The Morgan fingerprint density at radius 2 is 1.75 bits per heavy atom. The van der Waals surface area contributed by atoms with Crippen LogP contribution in [0, 0.1) is 0 Å². The summed E-state index contributed by atoms with van der Waals surface area (Å²) in [6, 6.07) is 9.24. The molecular formula is C13H14FN3O2S. The van der Waals surface area contributed by atoms with Crippen LogP contribution in [0.5, 0.6) is 0 Å². The predicted molar refractivity (Wildman–Crippen MR) is 73.2 cm³/mol. The highest BCUT2D eigenvalue weighted by atomic mass is 32.2. The van der Waals surface area contributed by atoms with E-state index in [1.165, 1.54) is 12.4 Å².